The molecule has 2 unspecified atom stereocenters. The van der Waals surface area contributed by atoms with Gasteiger partial charge in [-0.15, -0.1) is 0 Å². The van der Waals surface area contributed by atoms with Gasteiger partial charge in [0.05, 0.1) is 11.2 Å². The molecular weight excluding hydrogens is 1260 g/mol. The van der Waals surface area contributed by atoms with Crippen molar-refractivity contribution in [2.45, 2.75) is 283 Å². The summed E-state index contributed by atoms with van der Waals surface area (Å²) in [6, 6.07) is 38.8. The monoisotopic (exact) mass is 1380 g/mol. The highest BCUT2D eigenvalue weighted by Crippen LogP contribution is 2.65. The number of allylic oxidation sites excluding steroid dienone is 8. The highest BCUT2D eigenvalue weighted by atomic mass is 32.2. The predicted octanol–water partition coefficient (Wildman–Crippen LogP) is 24.6. The lowest BCUT2D eigenvalue weighted by Gasteiger charge is -2.31. The summed E-state index contributed by atoms with van der Waals surface area (Å²) in [7, 11) is -4.07. The smallest absolute Gasteiger partial charge is 0.264 e. The zero-order valence-electron chi connectivity index (χ0n) is 65.0. The number of unbranched alkanes of at least 4 members (excludes halogenated alkanes) is 2. The number of hydrogen-bond donors (Lipinski definition) is 2. The van der Waals surface area contributed by atoms with E-state index in [0.717, 1.165) is 68.6 Å². The molecule has 12 rings (SSSR count). The van der Waals surface area contributed by atoms with Crippen LogP contribution < -0.4 is 4.90 Å². The molecule has 6 aliphatic rings. The summed E-state index contributed by atoms with van der Waals surface area (Å²) in [4.78, 5) is 2.56. The lowest BCUT2D eigenvalue weighted by molar-refractivity contribution is -0.438. The molecule has 6 aromatic rings. The minimum absolute atomic E-state index is 0.0488. The predicted molar refractivity (Wildman–Crippen MR) is 432 cm³/mol. The van der Waals surface area contributed by atoms with Crippen LogP contribution in [0.3, 0.4) is 0 Å². The van der Waals surface area contributed by atoms with Gasteiger partial charge in [-0.05, 0) is 271 Å². The van der Waals surface area contributed by atoms with E-state index in [9.17, 15) is 13.0 Å². The summed E-state index contributed by atoms with van der Waals surface area (Å²) < 4.78 is 35.9. The lowest BCUT2D eigenvalue weighted by atomic mass is 9.73. The van der Waals surface area contributed by atoms with Crippen LogP contribution in [0.15, 0.2) is 145 Å². The Kier molecular flexibility index (Phi) is 19.4. The average Bonchev–Trinajstić information content (AvgIpc) is 1.53. The summed E-state index contributed by atoms with van der Waals surface area (Å²) in [5.74, 6) is 0.620. The Morgan fingerprint density at radius 2 is 0.880 bits per heavy atom. The van der Waals surface area contributed by atoms with Crippen LogP contribution in [0.4, 0.5) is 11.4 Å². The molecule has 0 spiro atoms. The van der Waals surface area contributed by atoms with Crippen LogP contribution in [0.5, 0.6) is 0 Å². The van der Waals surface area contributed by atoms with Crippen LogP contribution in [0.2, 0.25) is 0 Å². The highest BCUT2D eigenvalue weighted by Gasteiger charge is 2.56. The Labute approximate surface area is 610 Å². The Morgan fingerprint density at radius 3 is 1.35 bits per heavy atom. The average molecular weight is 1380 g/mol. The van der Waals surface area contributed by atoms with Crippen LogP contribution in [0.1, 0.15) is 284 Å². The number of benzene rings is 6. The highest BCUT2D eigenvalue weighted by molar-refractivity contribution is 7.85. The second-order valence-corrected chi connectivity index (χ2v) is 37.9. The molecule has 0 amide bonds. The third-order valence-corrected chi connectivity index (χ3v) is 28.0. The van der Waals surface area contributed by atoms with Gasteiger partial charge in [-0.1, -0.05) is 222 Å². The molecule has 4 aliphatic carbocycles. The molecule has 532 valence electrons. The number of hydrogen-bond acceptors (Lipinski definition) is 4. The van der Waals surface area contributed by atoms with Crippen molar-refractivity contribution in [2.24, 2.45) is 0 Å². The van der Waals surface area contributed by atoms with E-state index in [1.807, 2.05) is 0 Å². The number of thiol groups is 1. The molecule has 1 N–H and O–H groups in total. The molecule has 0 aromatic heterocycles. The Hall–Kier alpha value is -5.99. The first-order valence-electron chi connectivity index (χ1n) is 38.7. The molecule has 2 heterocycles. The standard InChI is InChI=1S/C93H120N2O3S2/c1-21-90(19)58-84(7,8)80-70(90)56-72-82(86(11,12)60-92(72,23-3)24-4)78(80)64-42-38-62(39-43-64)66-46-48-74-68(54-66)88(15,16)76(94(74)50-32-34-52-99)36-30-28-27-29-31-37-77-89(17,18)69-55-67(47-49-75(69)95(77)51-33-35-53-100(96,97)98)63-40-44-65(45-41-63)79-81-71(91(20,22-2)59-85(81,9)10)57-73-83(79)87(13,14)61-93(73,25-5)26-6/h27-31,36-49,54-57H,21-26,32-35,50-53,58-61H2,1-20H3,(H-,96,97,98,99)/p+1. The number of nitrogens with zero attached hydrogens (tertiary/aromatic N) is 2. The van der Waals surface area contributed by atoms with E-state index in [0.29, 0.717) is 19.4 Å². The third kappa shape index (κ3) is 12.3. The molecule has 0 saturated heterocycles. The van der Waals surface area contributed by atoms with Crippen molar-refractivity contribution in [1.82, 2.24) is 0 Å². The minimum atomic E-state index is -4.07. The summed E-state index contributed by atoms with van der Waals surface area (Å²) in [6.45, 7) is 50.6. The number of fused-ring (bicyclic) bond motifs is 6. The number of anilines is 1. The largest absolute Gasteiger partial charge is 0.344 e. The molecule has 0 bridgehead atoms. The molecule has 5 nitrogen and oxygen atoms in total. The zero-order chi connectivity index (χ0) is 72.3. The van der Waals surface area contributed by atoms with Gasteiger partial charge in [0.25, 0.3) is 10.1 Å². The second-order valence-electron chi connectivity index (χ2n) is 35.9. The molecule has 0 fully saturated rings. The Bertz CT molecular complexity index is 4450. The topological polar surface area (TPSA) is 60.6 Å². The Balaban J connectivity index is 0.816. The van der Waals surface area contributed by atoms with Crippen LogP contribution >= 0.6 is 12.6 Å². The quantitative estimate of drug-likeness (QED) is 0.0221. The molecule has 7 heteroatoms. The fourth-order valence-corrected chi connectivity index (χ4v) is 22.4. The van der Waals surface area contributed by atoms with Crippen LogP contribution in [-0.4, -0.2) is 47.9 Å². The molecule has 2 aliphatic heterocycles. The molecule has 0 radical (unpaired) electrons. The lowest BCUT2D eigenvalue weighted by Crippen LogP contribution is -2.28. The van der Waals surface area contributed by atoms with Gasteiger partial charge in [-0.2, -0.15) is 25.6 Å². The van der Waals surface area contributed by atoms with Gasteiger partial charge < -0.3 is 4.90 Å². The molecular formula is C93H121N2O3S2+. The maximum absolute atomic E-state index is 11.9. The van der Waals surface area contributed by atoms with Gasteiger partial charge in [0.1, 0.15) is 6.54 Å². The molecule has 2 atom stereocenters. The van der Waals surface area contributed by atoms with Crippen LogP contribution in [-0.2, 0) is 64.3 Å². The van der Waals surface area contributed by atoms with Crippen molar-refractivity contribution < 1.29 is 17.5 Å². The maximum Gasteiger partial charge on any atom is 0.264 e. The van der Waals surface area contributed by atoms with E-state index in [2.05, 4.69) is 300 Å². The van der Waals surface area contributed by atoms with E-state index >= 15 is 0 Å². The summed E-state index contributed by atoms with van der Waals surface area (Å²) >= 11 is 4.64. The SMILES string of the molecule is CCC1(C)CC(C)(C)c2c1cc1c(c2-c2ccc(-c3ccc4c(c3)C(C)(C)C(/C=C/C=C/C=C/C=C3/N(CCCCS)c5ccc(-c6ccc(-c7c8c(cc9c7C(C)(C)CC9(CC)CC)C(C)(CC)CC8(C)C)cc6)cc5C3(C)C)=[N+]4CCCCS(=O)(=O)O)cc2)C(C)(C)CC1(CC)CC. The first-order valence-corrected chi connectivity index (χ1v) is 40.9. The van der Waals surface area contributed by atoms with E-state index in [4.69, 9.17) is 0 Å². The van der Waals surface area contributed by atoms with E-state index in [1.165, 1.54) is 99.1 Å². The first kappa shape index (κ1) is 73.8. The van der Waals surface area contributed by atoms with Gasteiger partial charge in [0, 0.05) is 47.5 Å². The summed E-state index contributed by atoms with van der Waals surface area (Å²) in [5.41, 5.74) is 31.2. The van der Waals surface area contributed by atoms with Gasteiger partial charge in [-0.25, -0.2) is 0 Å². The van der Waals surface area contributed by atoms with Gasteiger partial charge >= 0.3 is 0 Å². The molecule has 100 heavy (non-hydrogen) atoms. The maximum atomic E-state index is 11.9. The van der Waals surface area contributed by atoms with Crippen molar-refractivity contribution in [1.29, 1.82) is 0 Å². The third-order valence-electron chi connectivity index (χ3n) is 26.9. The van der Waals surface area contributed by atoms with E-state index in [1.54, 1.807) is 44.5 Å². The fourth-order valence-electron chi connectivity index (χ4n) is 21.6. The summed E-state index contributed by atoms with van der Waals surface area (Å²) in [5, 5.41) is 0. The molecule has 0 saturated carbocycles. The summed E-state index contributed by atoms with van der Waals surface area (Å²) in [6.07, 6.45) is 30.1. The zero-order valence-corrected chi connectivity index (χ0v) is 66.7. The number of rotatable bonds is 23. The van der Waals surface area contributed by atoms with Crippen LogP contribution in [0.25, 0.3) is 44.5 Å². The normalized spacial score (nSPS) is 23.1. The second kappa shape index (κ2) is 26.3. The van der Waals surface area contributed by atoms with Gasteiger partial charge in [-0.3, -0.25) is 4.55 Å². The van der Waals surface area contributed by atoms with Gasteiger partial charge in [0.15, 0.2) is 5.71 Å². The van der Waals surface area contributed by atoms with Crippen molar-refractivity contribution in [3.63, 3.8) is 0 Å². The van der Waals surface area contributed by atoms with Crippen molar-refractivity contribution in [2.75, 3.05) is 29.5 Å². The fraction of sp³-hybridized carbons (Fsp3) is 0.516. The van der Waals surface area contributed by atoms with Crippen molar-refractivity contribution >= 4 is 39.8 Å². The van der Waals surface area contributed by atoms with Crippen molar-refractivity contribution in [3.8, 4) is 44.5 Å². The van der Waals surface area contributed by atoms with Gasteiger partial charge in [0.2, 0.25) is 5.69 Å². The first-order chi connectivity index (χ1) is 47.0. The van der Waals surface area contributed by atoms with Crippen LogP contribution in [0, 0.1) is 0 Å². The molecule has 6 aromatic carbocycles. The van der Waals surface area contributed by atoms with E-state index < -0.39 is 10.1 Å². The Morgan fingerprint density at radius 1 is 0.450 bits per heavy atom. The van der Waals surface area contributed by atoms with Crippen molar-refractivity contribution in [3.05, 3.63) is 201 Å². The minimum Gasteiger partial charge on any atom is -0.344 e. The van der Waals surface area contributed by atoms with E-state index in [-0.39, 0.29) is 59.9 Å².